The molecular formula is C13H12N2O. The average Bonchev–Trinajstić information content (AvgIpc) is 2.35. The Morgan fingerprint density at radius 2 is 1.94 bits per heavy atom. The van der Waals surface area contributed by atoms with Gasteiger partial charge in [0.1, 0.15) is 11.7 Å². The molecule has 0 N–H and O–H groups in total. The first-order chi connectivity index (χ1) is 7.71. The monoisotopic (exact) mass is 212 g/mol. The Hall–Kier alpha value is -2.13. The van der Waals surface area contributed by atoms with Crippen LogP contribution in [0.1, 0.15) is 24.5 Å². The fourth-order valence-corrected chi connectivity index (χ4v) is 1.43. The van der Waals surface area contributed by atoms with Gasteiger partial charge in [0.25, 0.3) is 0 Å². The van der Waals surface area contributed by atoms with E-state index in [2.05, 4.69) is 0 Å². The highest BCUT2D eigenvalue weighted by molar-refractivity contribution is 5.83. The van der Waals surface area contributed by atoms with E-state index in [1.165, 1.54) is 0 Å². The predicted molar refractivity (Wildman–Crippen MR) is 59.3 cm³/mol. The predicted octanol–water partition coefficient (Wildman–Crippen LogP) is 2.22. The standard InChI is InChI=1S/C13H12N2O/c1-2-13(16)12(9-15)7-10-3-5-11(8-14)6-4-10/h3-6,12H,2,7H2,1H3. The van der Waals surface area contributed by atoms with Crippen LogP contribution in [0.5, 0.6) is 0 Å². The molecule has 0 radical (unpaired) electrons. The topological polar surface area (TPSA) is 64.7 Å². The summed E-state index contributed by atoms with van der Waals surface area (Å²) in [5, 5.41) is 17.5. The van der Waals surface area contributed by atoms with Gasteiger partial charge in [-0.1, -0.05) is 19.1 Å². The SMILES string of the molecule is CCC(=O)C(C#N)Cc1ccc(C#N)cc1. The molecule has 0 aromatic heterocycles. The Balaban J connectivity index is 2.76. The molecule has 0 saturated heterocycles. The molecule has 1 atom stereocenters. The molecular weight excluding hydrogens is 200 g/mol. The summed E-state index contributed by atoms with van der Waals surface area (Å²) in [6.07, 6.45) is 0.809. The minimum absolute atomic E-state index is 0.0353. The van der Waals surface area contributed by atoms with Crippen molar-refractivity contribution in [1.29, 1.82) is 10.5 Å². The van der Waals surface area contributed by atoms with Gasteiger partial charge in [-0.05, 0) is 24.1 Å². The quantitative estimate of drug-likeness (QED) is 0.768. The molecule has 80 valence electrons. The second kappa shape index (κ2) is 5.68. The van der Waals surface area contributed by atoms with Gasteiger partial charge < -0.3 is 0 Å². The van der Waals surface area contributed by atoms with Gasteiger partial charge in [0, 0.05) is 6.42 Å². The molecule has 0 aliphatic heterocycles. The van der Waals surface area contributed by atoms with Crippen LogP contribution in [0.25, 0.3) is 0 Å². The number of Topliss-reactive ketones (excluding diaryl/α,β-unsaturated/α-hetero) is 1. The zero-order valence-electron chi connectivity index (χ0n) is 9.10. The summed E-state index contributed by atoms with van der Waals surface area (Å²) in [4.78, 5) is 11.4. The van der Waals surface area contributed by atoms with E-state index < -0.39 is 5.92 Å². The van der Waals surface area contributed by atoms with E-state index in [4.69, 9.17) is 10.5 Å². The number of carbonyl (C=O) groups excluding carboxylic acids is 1. The number of hydrogen-bond donors (Lipinski definition) is 0. The second-order valence-corrected chi connectivity index (χ2v) is 3.51. The van der Waals surface area contributed by atoms with Gasteiger partial charge in [0.15, 0.2) is 0 Å². The van der Waals surface area contributed by atoms with Crippen molar-refractivity contribution in [3.05, 3.63) is 35.4 Å². The zero-order valence-corrected chi connectivity index (χ0v) is 9.10. The van der Waals surface area contributed by atoms with E-state index in [9.17, 15) is 4.79 Å². The molecule has 1 unspecified atom stereocenters. The minimum atomic E-state index is -0.571. The second-order valence-electron chi connectivity index (χ2n) is 3.51. The lowest BCUT2D eigenvalue weighted by Crippen LogP contribution is -2.14. The van der Waals surface area contributed by atoms with Crippen LogP contribution in [0.4, 0.5) is 0 Å². The maximum absolute atomic E-state index is 11.4. The molecule has 0 aliphatic rings. The largest absolute Gasteiger partial charge is 0.298 e. The van der Waals surface area contributed by atoms with Gasteiger partial charge >= 0.3 is 0 Å². The third-order valence-electron chi connectivity index (χ3n) is 2.42. The lowest BCUT2D eigenvalue weighted by atomic mass is 9.95. The van der Waals surface area contributed by atoms with Crippen LogP contribution in [0.2, 0.25) is 0 Å². The number of nitriles is 2. The van der Waals surface area contributed by atoms with Crippen molar-refractivity contribution < 1.29 is 4.79 Å². The molecule has 0 spiro atoms. The normalized spacial score (nSPS) is 11.2. The molecule has 3 nitrogen and oxygen atoms in total. The maximum atomic E-state index is 11.4. The highest BCUT2D eigenvalue weighted by Crippen LogP contribution is 2.11. The molecule has 1 aromatic rings. The number of rotatable bonds is 4. The summed E-state index contributed by atoms with van der Waals surface area (Å²) < 4.78 is 0. The zero-order chi connectivity index (χ0) is 12.0. The molecule has 0 aliphatic carbocycles. The Labute approximate surface area is 94.9 Å². The summed E-state index contributed by atoms with van der Waals surface area (Å²) >= 11 is 0. The maximum Gasteiger partial charge on any atom is 0.150 e. The molecule has 1 aromatic carbocycles. The van der Waals surface area contributed by atoms with Crippen molar-refractivity contribution in [1.82, 2.24) is 0 Å². The highest BCUT2D eigenvalue weighted by Gasteiger charge is 2.16. The minimum Gasteiger partial charge on any atom is -0.298 e. The summed E-state index contributed by atoms with van der Waals surface area (Å²) in [5.74, 6) is -0.607. The highest BCUT2D eigenvalue weighted by atomic mass is 16.1. The van der Waals surface area contributed by atoms with Crippen LogP contribution in [-0.2, 0) is 11.2 Å². The Morgan fingerprint density at radius 1 is 1.31 bits per heavy atom. The number of carbonyl (C=O) groups is 1. The van der Waals surface area contributed by atoms with Crippen LogP contribution >= 0.6 is 0 Å². The fourth-order valence-electron chi connectivity index (χ4n) is 1.43. The van der Waals surface area contributed by atoms with Gasteiger partial charge in [-0.25, -0.2) is 0 Å². The van der Waals surface area contributed by atoms with Gasteiger partial charge in [-0.15, -0.1) is 0 Å². The Morgan fingerprint density at radius 3 is 2.38 bits per heavy atom. The van der Waals surface area contributed by atoms with E-state index in [0.717, 1.165) is 5.56 Å². The van der Waals surface area contributed by atoms with Crippen molar-refractivity contribution in [2.24, 2.45) is 5.92 Å². The van der Waals surface area contributed by atoms with Crippen LogP contribution in [0, 0.1) is 28.6 Å². The smallest absolute Gasteiger partial charge is 0.150 e. The Kier molecular flexibility index (Phi) is 4.24. The lowest BCUT2D eigenvalue weighted by Gasteiger charge is -2.06. The summed E-state index contributed by atoms with van der Waals surface area (Å²) in [6.45, 7) is 1.76. The molecule has 16 heavy (non-hydrogen) atoms. The van der Waals surface area contributed by atoms with Gasteiger partial charge in [0.2, 0.25) is 0 Å². The molecule has 1 rings (SSSR count). The third kappa shape index (κ3) is 2.93. The Bertz CT molecular complexity index is 448. The summed E-state index contributed by atoms with van der Waals surface area (Å²) in [7, 11) is 0. The van der Waals surface area contributed by atoms with Crippen LogP contribution in [0.3, 0.4) is 0 Å². The first kappa shape index (κ1) is 11.9. The molecule has 3 heteroatoms. The van der Waals surface area contributed by atoms with E-state index >= 15 is 0 Å². The number of hydrogen-bond acceptors (Lipinski definition) is 3. The lowest BCUT2D eigenvalue weighted by molar-refractivity contribution is -0.120. The molecule has 0 amide bonds. The van der Waals surface area contributed by atoms with Gasteiger partial charge in [0.05, 0.1) is 17.7 Å². The third-order valence-corrected chi connectivity index (χ3v) is 2.42. The summed E-state index contributed by atoms with van der Waals surface area (Å²) in [5.41, 5.74) is 1.49. The van der Waals surface area contributed by atoms with Crippen molar-refractivity contribution in [2.45, 2.75) is 19.8 Å². The molecule has 0 bridgehead atoms. The molecule has 0 saturated carbocycles. The van der Waals surface area contributed by atoms with Crippen LogP contribution in [-0.4, -0.2) is 5.78 Å². The average molecular weight is 212 g/mol. The van der Waals surface area contributed by atoms with Crippen molar-refractivity contribution >= 4 is 5.78 Å². The van der Waals surface area contributed by atoms with Crippen molar-refractivity contribution in [3.63, 3.8) is 0 Å². The molecule has 0 heterocycles. The molecule has 0 fully saturated rings. The summed E-state index contributed by atoms with van der Waals surface area (Å²) in [6, 6.07) is 11.0. The van der Waals surface area contributed by atoms with E-state index in [1.54, 1.807) is 31.2 Å². The van der Waals surface area contributed by atoms with Crippen molar-refractivity contribution in [3.8, 4) is 12.1 Å². The first-order valence-electron chi connectivity index (χ1n) is 5.12. The number of benzene rings is 1. The fraction of sp³-hybridized carbons (Fsp3) is 0.308. The van der Waals surface area contributed by atoms with E-state index in [0.29, 0.717) is 18.4 Å². The van der Waals surface area contributed by atoms with Crippen LogP contribution in [0.15, 0.2) is 24.3 Å². The van der Waals surface area contributed by atoms with Gasteiger partial charge in [-0.2, -0.15) is 10.5 Å². The number of nitrogens with zero attached hydrogens (tertiary/aromatic N) is 2. The first-order valence-corrected chi connectivity index (χ1v) is 5.12. The van der Waals surface area contributed by atoms with E-state index in [-0.39, 0.29) is 5.78 Å². The van der Waals surface area contributed by atoms with Crippen molar-refractivity contribution in [2.75, 3.05) is 0 Å². The van der Waals surface area contributed by atoms with E-state index in [1.807, 2.05) is 12.1 Å². The number of ketones is 1. The van der Waals surface area contributed by atoms with Crippen LogP contribution < -0.4 is 0 Å². The van der Waals surface area contributed by atoms with Gasteiger partial charge in [-0.3, -0.25) is 4.79 Å².